The van der Waals surface area contributed by atoms with Crippen LogP contribution in [0.25, 0.3) is 22.5 Å². The lowest BCUT2D eigenvalue weighted by Crippen LogP contribution is -2.44. The molecule has 1 heterocycles. The molecule has 12 heteroatoms. The van der Waals surface area contributed by atoms with Crippen LogP contribution in [0.3, 0.4) is 0 Å². The smallest absolute Gasteiger partial charge is 0.408 e. The maximum Gasteiger partial charge on any atom is 0.408 e. The average molecular weight is 620 g/mol. The normalized spacial score (nSPS) is 12.8. The second kappa shape index (κ2) is 14.1. The number of carbonyl (C=O) groups excluding carboxylic acids is 2. The van der Waals surface area contributed by atoms with Crippen LogP contribution in [-0.4, -0.2) is 61.6 Å². The number of aliphatic carboxylic acids is 1. The molecule has 6 N–H and O–H groups in total. The second-order valence-electron chi connectivity index (χ2n) is 12.5. The number of nitrogens with one attached hydrogen (secondary N) is 2. The first kappa shape index (κ1) is 34.4. The van der Waals surface area contributed by atoms with Crippen molar-refractivity contribution < 1.29 is 34.1 Å². The van der Waals surface area contributed by atoms with Gasteiger partial charge in [0.05, 0.1) is 17.4 Å². The molecule has 45 heavy (non-hydrogen) atoms. The van der Waals surface area contributed by atoms with Crippen LogP contribution in [0.2, 0.25) is 0 Å². The van der Waals surface area contributed by atoms with Gasteiger partial charge in [0.25, 0.3) is 0 Å². The summed E-state index contributed by atoms with van der Waals surface area (Å²) in [6, 6.07) is 14.3. The Bertz CT molecular complexity index is 1410. The van der Waals surface area contributed by atoms with Crippen molar-refractivity contribution in [1.82, 2.24) is 20.6 Å². The van der Waals surface area contributed by atoms with Crippen LogP contribution in [0.5, 0.6) is 0 Å². The number of benzene rings is 2. The minimum atomic E-state index is -1.18. The van der Waals surface area contributed by atoms with E-state index >= 15 is 0 Å². The van der Waals surface area contributed by atoms with Gasteiger partial charge in [-0.15, -0.1) is 0 Å². The summed E-state index contributed by atoms with van der Waals surface area (Å²) in [6.07, 6.45) is -1.12. The number of aliphatic hydroxyl groups is 1. The Hall–Kier alpha value is -5.13. The van der Waals surface area contributed by atoms with Gasteiger partial charge in [-0.05, 0) is 65.2 Å². The number of rotatable bonds is 10. The Kier molecular flexibility index (Phi) is 10.8. The maximum atomic E-state index is 12.2. The quantitative estimate of drug-likeness (QED) is 0.183. The number of nitrogens with zero attached hydrogens (tertiary/aromatic N) is 2. The SMILES string of the molecule is C=C(O)[C@H](Cc1ccc(-c2cc(-c3ccc(C[C@H](NC(=O)OC(C)(C)C)C(=O)O)cc3)nc(N)n2)cc1)NC(=O)OC(C)(C)C. The number of aromatic nitrogens is 2. The largest absolute Gasteiger partial charge is 0.511 e. The number of nitrogens with two attached hydrogens (primary N) is 1. The van der Waals surface area contributed by atoms with Crippen LogP contribution in [0, 0.1) is 0 Å². The molecule has 2 atom stereocenters. The number of carboxylic acids is 1. The van der Waals surface area contributed by atoms with Crippen LogP contribution >= 0.6 is 0 Å². The second-order valence-corrected chi connectivity index (χ2v) is 12.5. The van der Waals surface area contributed by atoms with Gasteiger partial charge < -0.3 is 36.1 Å². The minimum Gasteiger partial charge on any atom is -0.511 e. The fourth-order valence-corrected chi connectivity index (χ4v) is 4.21. The van der Waals surface area contributed by atoms with Gasteiger partial charge in [-0.25, -0.2) is 24.4 Å². The van der Waals surface area contributed by atoms with E-state index in [9.17, 15) is 24.6 Å². The highest BCUT2D eigenvalue weighted by atomic mass is 16.6. The first-order valence-corrected chi connectivity index (χ1v) is 14.3. The topological polar surface area (TPSA) is 186 Å². The average Bonchev–Trinajstić information content (AvgIpc) is 2.90. The molecule has 0 aliphatic heterocycles. The molecule has 0 spiro atoms. The Morgan fingerprint density at radius 3 is 1.49 bits per heavy atom. The van der Waals surface area contributed by atoms with Crippen LogP contribution < -0.4 is 16.4 Å². The number of hydrogen-bond acceptors (Lipinski definition) is 9. The van der Waals surface area contributed by atoms with E-state index in [1.165, 1.54) is 0 Å². The van der Waals surface area contributed by atoms with E-state index in [0.29, 0.717) is 17.0 Å². The van der Waals surface area contributed by atoms with Gasteiger partial charge in [0.15, 0.2) is 0 Å². The number of hydrogen-bond donors (Lipinski definition) is 5. The van der Waals surface area contributed by atoms with Crippen molar-refractivity contribution in [2.24, 2.45) is 0 Å². The zero-order valence-corrected chi connectivity index (χ0v) is 26.4. The third kappa shape index (κ3) is 11.1. The summed E-state index contributed by atoms with van der Waals surface area (Å²) in [6.45, 7) is 13.9. The Labute approximate surface area is 262 Å². The van der Waals surface area contributed by atoms with Crippen molar-refractivity contribution in [3.05, 3.63) is 78.1 Å². The Morgan fingerprint density at radius 2 is 1.13 bits per heavy atom. The molecule has 1 aromatic heterocycles. The fourth-order valence-electron chi connectivity index (χ4n) is 4.21. The molecule has 0 bridgehead atoms. The molecule has 0 saturated heterocycles. The molecule has 0 fully saturated rings. The van der Waals surface area contributed by atoms with Crippen molar-refractivity contribution in [3.63, 3.8) is 0 Å². The van der Waals surface area contributed by atoms with Gasteiger partial charge in [0.2, 0.25) is 5.95 Å². The molecule has 0 unspecified atom stereocenters. The van der Waals surface area contributed by atoms with Gasteiger partial charge in [-0.3, -0.25) is 0 Å². The highest BCUT2D eigenvalue weighted by Crippen LogP contribution is 2.26. The van der Waals surface area contributed by atoms with Crippen LogP contribution in [0.1, 0.15) is 52.7 Å². The first-order chi connectivity index (χ1) is 20.9. The third-order valence-electron chi connectivity index (χ3n) is 6.20. The van der Waals surface area contributed by atoms with Crippen LogP contribution in [-0.2, 0) is 27.1 Å². The molecule has 2 amide bonds. The van der Waals surface area contributed by atoms with Gasteiger partial charge in [-0.2, -0.15) is 0 Å². The van der Waals surface area contributed by atoms with Crippen molar-refractivity contribution in [2.45, 2.75) is 77.7 Å². The fraction of sp³-hybridized carbons (Fsp3) is 0.364. The number of amides is 2. The zero-order chi connectivity index (χ0) is 33.5. The number of ether oxygens (including phenoxy) is 2. The van der Waals surface area contributed by atoms with E-state index in [4.69, 9.17) is 15.2 Å². The van der Waals surface area contributed by atoms with Gasteiger partial charge >= 0.3 is 18.2 Å². The third-order valence-corrected chi connectivity index (χ3v) is 6.20. The first-order valence-electron chi connectivity index (χ1n) is 14.3. The number of aliphatic hydroxyl groups excluding tert-OH is 1. The molecule has 0 saturated carbocycles. The number of anilines is 1. The van der Waals surface area contributed by atoms with Crippen LogP contribution in [0.15, 0.2) is 66.9 Å². The number of carboxylic acid groups (broad SMARTS) is 1. The molecular weight excluding hydrogens is 578 g/mol. The summed E-state index contributed by atoms with van der Waals surface area (Å²) in [5, 5.41) is 24.7. The number of alkyl carbamates (subject to hydrolysis) is 2. The minimum absolute atomic E-state index is 0.0517. The molecule has 240 valence electrons. The summed E-state index contributed by atoms with van der Waals surface area (Å²) in [7, 11) is 0. The summed E-state index contributed by atoms with van der Waals surface area (Å²) >= 11 is 0. The maximum absolute atomic E-state index is 12.2. The summed E-state index contributed by atoms with van der Waals surface area (Å²) < 4.78 is 10.5. The lowest BCUT2D eigenvalue weighted by atomic mass is 10.0. The molecule has 3 aromatic rings. The number of carbonyl (C=O) groups is 3. The van der Waals surface area contributed by atoms with Gasteiger partial charge in [0, 0.05) is 17.5 Å². The van der Waals surface area contributed by atoms with E-state index in [1.807, 2.05) is 24.3 Å². The Morgan fingerprint density at radius 1 is 0.756 bits per heavy atom. The monoisotopic (exact) mass is 619 g/mol. The van der Waals surface area contributed by atoms with E-state index in [2.05, 4.69) is 27.2 Å². The highest BCUT2D eigenvalue weighted by molar-refractivity contribution is 5.80. The molecule has 12 nitrogen and oxygen atoms in total. The lowest BCUT2D eigenvalue weighted by Gasteiger charge is -2.23. The molecule has 0 aliphatic carbocycles. The molecule has 0 radical (unpaired) electrons. The van der Waals surface area contributed by atoms with Gasteiger partial charge in [-0.1, -0.05) is 55.1 Å². The lowest BCUT2D eigenvalue weighted by molar-refractivity contribution is -0.139. The molecular formula is C33H41N5O7. The van der Waals surface area contributed by atoms with E-state index < -0.39 is 41.4 Å². The van der Waals surface area contributed by atoms with E-state index in [0.717, 1.165) is 16.7 Å². The highest BCUT2D eigenvalue weighted by Gasteiger charge is 2.25. The molecule has 0 aliphatic rings. The number of nitrogen functional groups attached to an aromatic ring is 1. The van der Waals surface area contributed by atoms with E-state index in [-0.39, 0.29) is 24.5 Å². The van der Waals surface area contributed by atoms with Gasteiger partial charge in [0.1, 0.15) is 23.0 Å². The van der Waals surface area contributed by atoms with Crippen molar-refractivity contribution in [3.8, 4) is 22.5 Å². The van der Waals surface area contributed by atoms with Crippen LogP contribution in [0.4, 0.5) is 15.5 Å². The standard InChI is InChI=1S/C33H41N5O7/c1-19(39)24(37-30(42)44-32(2,3)4)16-20-8-12-22(13-9-20)25-18-26(36-29(34)35-25)23-14-10-21(11-15-23)17-27(28(40)41)38-31(43)45-33(5,6)7/h8-15,18,24,27,39H,1,16-17H2,2-7H3,(H,37,42)(H,38,43)(H,40,41)(H2,34,35,36)/t24-,27-/m0/s1. The zero-order valence-electron chi connectivity index (χ0n) is 26.4. The predicted molar refractivity (Wildman–Crippen MR) is 170 cm³/mol. The summed E-state index contributed by atoms with van der Waals surface area (Å²) in [4.78, 5) is 44.8. The van der Waals surface area contributed by atoms with Crippen molar-refractivity contribution in [2.75, 3.05) is 5.73 Å². The molecule has 2 aromatic carbocycles. The Balaban J connectivity index is 1.73. The van der Waals surface area contributed by atoms with Crippen molar-refractivity contribution in [1.29, 1.82) is 0 Å². The molecule has 3 rings (SSSR count). The summed E-state index contributed by atoms with van der Waals surface area (Å²) in [5.41, 5.74) is 8.76. The van der Waals surface area contributed by atoms with Crippen molar-refractivity contribution >= 4 is 24.1 Å². The predicted octanol–water partition coefficient (Wildman–Crippen LogP) is 5.42. The van der Waals surface area contributed by atoms with E-state index in [1.54, 1.807) is 71.9 Å². The summed E-state index contributed by atoms with van der Waals surface area (Å²) in [5.74, 6) is -1.30.